The first-order chi connectivity index (χ1) is 17.6. The van der Waals surface area contributed by atoms with E-state index >= 15 is 0 Å². The number of aliphatic hydroxyl groups excluding tert-OH is 1. The zero-order valence-corrected chi connectivity index (χ0v) is 22.0. The molecular formula is C23H28N6O6S2. The average molecular weight is 549 g/mol. The topological polar surface area (TPSA) is 172 Å². The number of carbonyl (C=O) groups is 1. The summed E-state index contributed by atoms with van der Waals surface area (Å²) in [6.45, 7) is 5.06. The van der Waals surface area contributed by atoms with Gasteiger partial charge in [0.2, 0.25) is 5.78 Å². The van der Waals surface area contributed by atoms with Gasteiger partial charge in [0.25, 0.3) is 0 Å². The van der Waals surface area contributed by atoms with E-state index in [1.54, 1.807) is 0 Å². The van der Waals surface area contributed by atoms with Crippen LogP contribution < -0.4 is 10.5 Å². The van der Waals surface area contributed by atoms with E-state index in [2.05, 4.69) is 29.0 Å². The maximum absolute atomic E-state index is 13.6. The van der Waals surface area contributed by atoms with Crippen LogP contribution in [0.2, 0.25) is 0 Å². The van der Waals surface area contributed by atoms with E-state index in [4.69, 9.17) is 9.88 Å². The molecule has 0 spiro atoms. The SMILES string of the molecule is Cc1sc(C(=O)c2cncnc2N[C@@H]2C[C@H](COS(N)(=O)=O)[C@@H](O)C2)cc1[C@H]1OCCn2c(C)cnc21. The first-order valence-electron chi connectivity index (χ1n) is 11.8. The van der Waals surface area contributed by atoms with Gasteiger partial charge in [-0.15, -0.1) is 11.3 Å². The number of ether oxygens (including phenoxy) is 1. The number of aliphatic hydroxyl groups is 1. The molecule has 4 heterocycles. The number of aryl methyl sites for hydroxylation is 2. The van der Waals surface area contributed by atoms with Crippen LogP contribution in [0.5, 0.6) is 0 Å². The summed E-state index contributed by atoms with van der Waals surface area (Å²) in [6.07, 6.45) is 4.26. The highest BCUT2D eigenvalue weighted by molar-refractivity contribution is 7.84. The Morgan fingerprint density at radius 1 is 1.32 bits per heavy atom. The van der Waals surface area contributed by atoms with Crippen LogP contribution in [0.4, 0.5) is 5.82 Å². The highest BCUT2D eigenvalue weighted by atomic mass is 32.2. The van der Waals surface area contributed by atoms with Gasteiger partial charge in [-0.25, -0.2) is 20.1 Å². The normalized spacial score (nSPS) is 23.7. The molecule has 1 fully saturated rings. The number of rotatable bonds is 8. The summed E-state index contributed by atoms with van der Waals surface area (Å²) in [7, 11) is -4.09. The number of anilines is 1. The Morgan fingerprint density at radius 2 is 2.14 bits per heavy atom. The maximum Gasteiger partial charge on any atom is 0.333 e. The molecule has 37 heavy (non-hydrogen) atoms. The Kier molecular flexibility index (Phi) is 7.13. The van der Waals surface area contributed by atoms with Gasteiger partial charge in [0.05, 0.1) is 29.8 Å². The summed E-state index contributed by atoms with van der Waals surface area (Å²) in [6, 6.07) is 1.60. The number of ketones is 1. The number of carbonyl (C=O) groups excluding carboxylic acids is 1. The number of hydrogen-bond donors (Lipinski definition) is 3. The molecule has 1 saturated carbocycles. The van der Waals surface area contributed by atoms with Crippen molar-refractivity contribution < 1.29 is 27.2 Å². The standard InChI is InChI=1S/C23H28N6O6S2/c1-12-8-26-23-21(34-4-3-29(12)23)16-7-19(36-13(16)2)20(31)17-9-25-11-27-22(17)28-15-5-14(18(30)6-15)10-35-37(24,32)33/h7-9,11,14-15,18,21,30H,3-6,10H2,1-2H3,(H2,24,32,33)(H,25,27,28)/t14-,15-,18+,21-/m1/s1. The molecule has 1 aliphatic carbocycles. The van der Waals surface area contributed by atoms with Crippen molar-refractivity contribution in [2.24, 2.45) is 11.1 Å². The summed E-state index contributed by atoms with van der Waals surface area (Å²) in [4.78, 5) is 27.9. The molecule has 4 atom stereocenters. The highest BCUT2D eigenvalue weighted by Crippen LogP contribution is 2.37. The van der Waals surface area contributed by atoms with Crippen molar-refractivity contribution in [2.75, 3.05) is 18.5 Å². The van der Waals surface area contributed by atoms with E-state index < -0.39 is 22.3 Å². The zero-order valence-electron chi connectivity index (χ0n) is 20.3. The lowest BCUT2D eigenvalue weighted by atomic mass is 10.1. The summed E-state index contributed by atoms with van der Waals surface area (Å²) in [5.74, 6) is 0.518. The third-order valence-electron chi connectivity index (χ3n) is 6.78. The van der Waals surface area contributed by atoms with Crippen molar-refractivity contribution in [2.45, 2.75) is 51.5 Å². The summed E-state index contributed by atoms with van der Waals surface area (Å²) in [5.41, 5.74) is 2.28. The van der Waals surface area contributed by atoms with E-state index in [-0.39, 0.29) is 24.5 Å². The number of fused-ring (bicyclic) bond motifs is 1. The lowest BCUT2D eigenvalue weighted by Gasteiger charge is -2.25. The lowest BCUT2D eigenvalue weighted by Crippen LogP contribution is -2.24. The predicted octanol–water partition coefficient (Wildman–Crippen LogP) is 1.47. The fraction of sp³-hybridized carbons (Fsp3) is 0.478. The van der Waals surface area contributed by atoms with Crippen LogP contribution in [-0.4, -0.2) is 64.2 Å². The van der Waals surface area contributed by atoms with Gasteiger partial charge in [-0.2, -0.15) is 8.42 Å². The zero-order chi connectivity index (χ0) is 26.3. The molecule has 14 heteroatoms. The fourth-order valence-corrected chi connectivity index (χ4v) is 6.30. The number of aromatic nitrogens is 4. The van der Waals surface area contributed by atoms with Crippen LogP contribution in [0.15, 0.2) is 24.8 Å². The number of imidazole rings is 1. The second-order valence-electron chi connectivity index (χ2n) is 9.31. The van der Waals surface area contributed by atoms with Crippen molar-refractivity contribution in [3.63, 3.8) is 0 Å². The number of nitrogens with zero attached hydrogens (tertiary/aromatic N) is 4. The summed E-state index contributed by atoms with van der Waals surface area (Å²) in [5, 5.41) is 18.5. The van der Waals surface area contributed by atoms with Gasteiger partial charge in [-0.3, -0.25) is 8.98 Å². The van der Waals surface area contributed by atoms with Crippen LogP contribution in [-0.2, 0) is 25.8 Å². The van der Waals surface area contributed by atoms with Crippen LogP contribution >= 0.6 is 11.3 Å². The first kappa shape index (κ1) is 25.9. The molecule has 0 saturated heterocycles. The van der Waals surface area contributed by atoms with Crippen LogP contribution in [0.3, 0.4) is 0 Å². The third kappa shape index (κ3) is 5.44. The van der Waals surface area contributed by atoms with Gasteiger partial charge in [-0.05, 0) is 32.8 Å². The highest BCUT2D eigenvalue weighted by Gasteiger charge is 2.35. The molecule has 0 aromatic carbocycles. The fourth-order valence-electron chi connectivity index (χ4n) is 4.93. The minimum Gasteiger partial charge on any atom is -0.393 e. The van der Waals surface area contributed by atoms with Gasteiger partial charge in [0.1, 0.15) is 24.1 Å². The van der Waals surface area contributed by atoms with Gasteiger partial charge >= 0.3 is 10.3 Å². The van der Waals surface area contributed by atoms with Crippen molar-refractivity contribution in [1.82, 2.24) is 19.5 Å². The van der Waals surface area contributed by atoms with Crippen molar-refractivity contribution in [3.05, 3.63) is 57.2 Å². The first-order valence-corrected chi connectivity index (χ1v) is 14.1. The molecule has 2 aliphatic rings. The molecule has 12 nitrogen and oxygen atoms in total. The average Bonchev–Trinajstić information content (AvgIpc) is 3.54. The molecule has 4 N–H and O–H groups in total. The van der Waals surface area contributed by atoms with Gasteiger partial charge in [-0.1, -0.05) is 0 Å². The second kappa shape index (κ2) is 10.2. The largest absolute Gasteiger partial charge is 0.393 e. The molecule has 198 valence electrons. The molecule has 3 aromatic heterocycles. The van der Waals surface area contributed by atoms with Crippen LogP contribution in [0, 0.1) is 19.8 Å². The van der Waals surface area contributed by atoms with E-state index in [1.807, 2.05) is 26.1 Å². The Balaban J connectivity index is 1.34. The van der Waals surface area contributed by atoms with Gasteiger partial charge < -0.3 is 19.7 Å². The Bertz CT molecular complexity index is 1420. The molecule has 3 aromatic rings. The second-order valence-corrected chi connectivity index (χ2v) is 11.8. The Labute approximate surface area is 218 Å². The van der Waals surface area contributed by atoms with Gasteiger partial charge in [0.15, 0.2) is 0 Å². The minimum absolute atomic E-state index is 0.216. The quantitative estimate of drug-likeness (QED) is 0.350. The summed E-state index contributed by atoms with van der Waals surface area (Å²) >= 11 is 1.38. The van der Waals surface area contributed by atoms with E-state index in [1.165, 1.54) is 23.9 Å². The predicted molar refractivity (Wildman–Crippen MR) is 134 cm³/mol. The van der Waals surface area contributed by atoms with Crippen molar-refractivity contribution >= 4 is 33.2 Å². The van der Waals surface area contributed by atoms with Crippen LogP contribution in [0.1, 0.15) is 56.1 Å². The third-order valence-corrected chi connectivity index (χ3v) is 8.31. The molecule has 0 amide bonds. The maximum atomic E-state index is 13.6. The number of nitrogens with two attached hydrogens (primary N) is 1. The number of hydrogen-bond acceptors (Lipinski definition) is 11. The minimum atomic E-state index is -4.09. The van der Waals surface area contributed by atoms with Crippen LogP contribution in [0.25, 0.3) is 0 Å². The molecule has 1 aliphatic heterocycles. The Hall–Kier alpha value is -2.75. The summed E-state index contributed by atoms with van der Waals surface area (Å²) < 4.78 is 35.0. The van der Waals surface area contributed by atoms with Gasteiger partial charge in [0, 0.05) is 47.0 Å². The molecule has 5 rings (SSSR count). The molecule has 0 radical (unpaired) electrons. The lowest BCUT2D eigenvalue weighted by molar-refractivity contribution is 0.0423. The van der Waals surface area contributed by atoms with E-state index in [9.17, 15) is 18.3 Å². The molecular weight excluding hydrogens is 520 g/mol. The number of nitrogens with one attached hydrogen (secondary N) is 1. The van der Waals surface area contributed by atoms with E-state index in [0.29, 0.717) is 35.7 Å². The molecule has 0 unspecified atom stereocenters. The monoisotopic (exact) mass is 548 g/mol. The molecule has 0 bridgehead atoms. The van der Waals surface area contributed by atoms with Crippen molar-refractivity contribution in [3.8, 4) is 0 Å². The Morgan fingerprint density at radius 3 is 2.92 bits per heavy atom. The number of thiophene rings is 1. The van der Waals surface area contributed by atoms with E-state index in [0.717, 1.165) is 28.5 Å². The smallest absolute Gasteiger partial charge is 0.333 e. The van der Waals surface area contributed by atoms with Crippen molar-refractivity contribution in [1.29, 1.82) is 0 Å².